The van der Waals surface area contributed by atoms with Gasteiger partial charge in [0.15, 0.2) is 5.82 Å². The SMILES string of the molecule is c1ccc(CCCCOc2nccnc2N2CCNCC2)cc1. The minimum Gasteiger partial charge on any atom is -0.475 e. The van der Waals surface area contributed by atoms with Crippen LogP contribution in [0.3, 0.4) is 0 Å². The first kappa shape index (κ1) is 15.7. The van der Waals surface area contributed by atoms with Crippen LogP contribution in [-0.4, -0.2) is 42.8 Å². The van der Waals surface area contributed by atoms with Crippen LogP contribution in [0, 0.1) is 0 Å². The fourth-order valence-electron chi connectivity index (χ4n) is 2.76. The summed E-state index contributed by atoms with van der Waals surface area (Å²) in [5, 5.41) is 3.35. The molecule has 0 atom stereocenters. The van der Waals surface area contributed by atoms with Gasteiger partial charge in [-0.25, -0.2) is 9.97 Å². The number of hydrogen-bond acceptors (Lipinski definition) is 5. The standard InChI is InChI=1S/C18H24N4O/c1-2-6-16(7-3-1)8-4-5-15-23-18-17(20-9-10-21-18)22-13-11-19-12-14-22/h1-3,6-7,9-10,19H,4-5,8,11-15H2. The molecule has 1 aromatic carbocycles. The number of rotatable bonds is 7. The first-order chi connectivity index (χ1) is 11.4. The molecule has 0 radical (unpaired) electrons. The molecule has 23 heavy (non-hydrogen) atoms. The molecule has 1 aliphatic heterocycles. The minimum absolute atomic E-state index is 0.661. The quantitative estimate of drug-likeness (QED) is 0.795. The summed E-state index contributed by atoms with van der Waals surface area (Å²) in [5.41, 5.74) is 1.38. The first-order valence-electron chi connectivity index (χ1n) is 8.37. The number of piperazine rings is 1. The van der Waals surface area contributed by atoms with Crippen molar-refractivity contribution in [1.29, 1.82) is 0 Å². The van der Waals surface area contributed by atoms with Crippen LogP contribution in [0.1, 0.15) is 18.4 Å². The van der Waals surface area contributed by atoms with Gasteiger partial charge >= 0.3 is 0 Å². The van der Waals surface area contributed by atoms with Gasteiger partial charge in [-0.05, 0) is 24.8 Å². The third-order valence-corrected chi connectivity index (χ3v) is 4.00. The molecule has 1 N–H and O–H groups in total. The molecule has 3 rings (SSSR count). The summed E-state index contributed by atoms with van der Waals surface area (Å²) in [6.45, 7) is 4.54. The van der Waals surface area contributed by atoms with Crippen LogP contribution in [0.15, 0.2) is 42.7 Å². The molecule has 0 aliphatic carbocycles. The molecule has 2 aromatic rings. The van der Waals surface area contributed by atoms with Crippen LogP contribution in [0.4, 0.5) is 5.82 Å². The second-order valence-electron chi connectivity index (χ2n) is 5.71. The van der Waals surface area contributed by atoms with Gasteiger partial charge in [-0.2, -0.15) is 0 Å². The Bertz CT molecular complexity index is 585. The Balaban J connectivity index is 1.46. The molecule has 1 aliphatic rings. The number of hydrogen-bond donors (Lipinski definition) is 1. The Morgan fingerprint density at radius 3 is 2.61 bits per heavy atom. The molecular formula is C18H24N4O. The summed E-state index contributed by atoms with van der Waals surface area (Å²) < 4.78 is 5.89. The van der Waals surface area contributed by atoms with Crippen molar-refractivity contribution in [1.82, 2.24) is 15.3 Å². The summed E-state index contributed by atoms with van der Waals surface area (Å²) >= 11 is 0. The third kappa shape index (κ3) is 4.66. The van der Waals surface area contributed by atoms with Crippen molar-refractivity contribution in [2.45, 2.75) is 19.3 Å². The van der Waals surface area contributed by atoms with Gasteiger partial charge in [0.2, 0.25) is 0 Å². The van der Waals surface area contributed by atoms with E-state index in [1.165, 1.54) is 5.56 Å². The Morgan fingerprint density at radius 1 is 1.00 bits per heavy atom. The van der Waals surface area contributed by atoms with Crippen LogP contribution >= 0.6 is 0 Å². The van der Waals surface area contributed by atoms with E-state index in [4.69, 9.17) is 4.74 Å². The van der Waals surface area contributed by atoms with Crippen molar-refractivity contribution in [3.63, 3.8) is 0 Å². The highest BCUT2D eigenvalue weighted by atomic mass is 16.5. The molecule has 1 fully saturated rings. The van der Waals surface area contributed by atoms with Gasteiger partial charge < -0.3 is 15.0 Å². The van der Waals surface area contributed by atoms with Crippen molar-refractivity contribution in [2.75, 3.05) is 37.7 Å². The van der Waals surface area contributed by atoms with Gasteiger partial charge in [-0.3, -0.25) is 0 Å². The molecule has 122 valence electrons. The lowest BCUT2D eigenvalue weighted by molar-refractivity contribution is 0.294. The Hall–Kier alpha value is -2.14. The van der Waals surface area contributed by atoms with Gasteiger partial charge in [-0.1, -0.05) is 30.3 Å². The smallest absolute Gasteiger partial charge is 0.257 e. The minimum atomic E-state index is 0.661. The maximum absolute atomic E-state index is 5.89. The number of anilines is 1. The summed E-state index contributed by atoms with van der Waals surface area (Å²) in [7, 11) is 0. The average molecular weight is 312 g/mol. The van der Waals surface area contributed by atoms with E-state index < -0.39 is 0 Å². The van der Waals surface area contributed by atoms with Crippen LogP contribution in [0.2, 0.25) is 0 Å². The molecule has 2 heterocycles. The highest BCUT2D eigenvalue weighted by molar-refractivity contribution is 5.48. The maximum Gasteiger partial charge on any atom is 0.257 e. The van der Waals surface area contributed by atoms with E-state index >= 15 is 0 Å². The van der Waals surface area contributed by atoms with Gasteiger partial charge in [0.1, 0.15) is 0 Å². The zero-order chi connectivity index (χ0) is 15.7. The van der Waals surface area contributed by atoms with E-state index in [-0.39, 0.29) is 0 Å². The predicted molar refractivity (Wildman–Crippen MR) is 92.0 cm³/mol. The van der Waals surface area contributed by atoms with Crippen LogP contribution < -0.4 is 15.0 Å². The fraction of sp³-hybridized carbons (Fsp3) is 0.444. The van der Waals surface area contributed by atoms with Crippen LogP contribution in [0.25, 0.3) is 0 Å². The largest absolute Gasteiger partial charge is 0.475 e. The highest BCUT2D eigenvalue weighted by Crippen LogP contribution is 2.22. The molecule has 0 saturated carbocycles. The Morgan fingerprint density at radius 2 is 1.78 bits per heavy atom. The highest BCUT2D eigenvalue weighted by Gasteiger charge is 2.17. The molecule has 5 nitrogen and oxygen atoms in total. The van der Waals surface area contributed by atoms with Gasteiger partial charge in [0, 0.05) is 38.6 Å². The lowest BCUT2D eigenvalue weighted by Gasteiger charge is -2.28. The van der Waals surface area contributed by atoms with E-state index in [0.717, 1.165) is 51.3 Å². The number of aryl methyl sites for hydroxylation is 1. The molecule has 1 saturated heterocycles. The van der Waals surface area contributed by atoms with Gasteiger partial charge in [0.05, 0.1) is 6.61 Å². The normalized spacial score (nSPS) is 14.7. The molecule has 5 heteroatoms. The molecular weight excluding hydrogens is 288 g/mol. The maximum atomic E-state index is 5.89. The van der Waals surface area contributed by atoms with E-state index in [9.17, 15) is 0 Å². The lowest BCUT2D eigenvalue weighted by atomic mass is 10.1. The van der Waals surface area contributed by atoms with E-state index in [1.807, 2.05) is 0 Å². The zero-order valence-corrected chi connectivity index (χ0v) is 13.4. The Kier molecular flexibility index (Phi) is 5.81. The number of benzene rings is 1. The summed E-state index contributed by atoms with van der Waals surface area (Å²) in [6.07, 6.45) is 6.67. The number of unbranched alkanes of at least 4 members (excludes halogenated alkanes) is 1. The van der Waals surface area contributed by atoms with E-state index in [2.05, 4.69) is 50.5 Å². The van der Waals surface area contributed by atoms with Crippen molar-refractivity contribution in [3.8, 4) is 5.88 Å². The zero-order valence-electron chi connectivity index (χ0n) is 13.4. The molecule has 0 unspecified atom stereocenters. The Labute approximate surface area is 137 Å². The fourth-order valence-corrected chi connectivity index (χ4v) is 2.76. The van der Waals surface area contributed by atoms with Crippen molar-refractivity contribution < 1.29 is 4.74 Å². The lowest BCUT2D eigenvalue weighted by Crippen LogP contribution is -2.44. The average Bonchev–Trinajstić information content (AvgIpc) is 2.63. The molecule has 0 bridgehead atoms. The predicted octanol–water partition coefficient (Wildman–Crippen LogP) is 2.29. The van der Waals surface area contributed by atoms with Crippen molar-refractivity contribution >= 4 is 5.82 Å². The first-order valence-corrected chi connectivity index (χ1v) is 8.37. The van der Waals surface area contributed by atoms with E-state index in [1.54, 1.807) is 12.4 Å². The van der Waals surface area contributed by atoms with E-state index in [0.29, 0.717) is 12.5 Å². The third-order valence-electron chi connectivity index (χ3n) is 4.00. The monoisotopic (exact) mass is 312 g/mol. The summed E-state index contributed by atoms with van der Waals surface area (Å²) in [4.78, 5) is 11.1. The van der Waals surface area contributed by atoms with Crippen LogP contribution in [0.5, 0.6) is 5.88 Å². The number of ether oxygens (including phenoxy) is 1. The van der Waals surface area contributed by atoms with Crippen LogP contribution in [-0.2, 0) is 6.42 Å². The number of nitrogens with one attached hydrogen (secondary N) is 1. The second-order valence-corrected chi connectivity index (χ2v) is 5.71. The topological polar surface area (TPSA) is 50.3 Å². The molecule has 1 aromatic heterocycles. The molecule has 0 amide bonds. The van der Waals surface area contributed by atoms with Crippen molar-refractivity contribution in [3.05, 3.63) is 48.3 Å². The number of aromatic nitrogens is 2. The van der Waals surface area contributed by atoms with Gasteiger partial charge in [-0.15, -0.1) is 0 Å². The molecule has 0 spiro atoms. The van der Waals surface area contributed by atoms with Crippen molar-refractivity contribution in [2.24, 2.45) is 0 Å². The number of nitrogens with zero attached hydrogens (tertiary/aromatic N) is 3. The summed E-state index contributed by atoms with van der Waals surface area (Å²) in [5.74, 6) is 1.53. The van der Waals surface area contributed by atoms with Gasteiger partial charge in [0.25, 0.3) is 5.88 Å². The summed E-state index contributed by atoms with van der Waals surface area (Å²) in [6, 6.07) is 10.6. The second kappa shape index (κ2) is 8.48.